The normalized spacial score (nSPS) is 19.7. The maximum Gasteiger partial charge on any atom is 0.246 e. The van der Waals surface area contributed by atoms with Crippen LogP contribution in [0.3, 0.4) is 0 Å². The van der Waals surface area contributed by atoms with Gasteiger partial charge in [0.05, 0.1) is 12.6 Å². The van der Waals surface area contributed by atoms with E-state index in [4.69, 9.17) is 0 Å². The molecule has 4 heteroatoms. The lowest BCUT2D eigenvalue weighted by atomic mass is 10.2. The van der Waals surface area contributed by atoms with Crippen LogP contribution in [0, 0.1) is 0 Å². The highest BCUT2D eigenvalue weighted by Crippen LogP contribution is 2.17. The zero-order valence-corrected chi connectivity index (χ0v) is 11.6. The molecular formula is C14H16BrNO2. The largest absolute Gasteiger partial charge is 0.394 e. The van der Waals surface area contributed by atoms with E-state index in [0.717, 1.165) is 29.4 Å². The van der Waals surface area contributed by atoms with Crippen LogP contribution in [0.4, 0.5) is 0 Å². The predicted octanol–water partition coefficient (Wildman–Crippen LogP) is 2.45. The van der Waals surface area contributed by atoms with Crippen LogP contribution in [0.5, 0.6) is 0 Å². The first-order chi connectivity index (χ1) is 8.70. The van der Waals surface area contributed by atoms with Crippen LogP contribution in [-0.2, 0) is 4.79 Å². The van der Waals surface area contributed by atoms with Crippen molar-refractivity contribution in [2.45, 2.75) is 18.9 Å². The Bertz CT molecular complexity index is 442. The Kier molecular flexibility index (Phi) is 4.55. The Balaban J connectivity index is 2.00. The molecule has 0 unspecified atom stereocenters. The van der Waals surface area contributed by atoms with Crippen molar-refractivity contribution in [2.24, 2.45) is 0 Å². The lowest BCUT2D eigenvalue weighted by molar-refractivity contribution is -0.127. The second-order valence-electron chi connectivity index (χ2n) is 4.40. The molecule has 0 saturated carbocycles. The Hall–Kier alpha value is -1.13. The number of likely N-dealkylation sites (tertiary alicyclic amines) is 1. The number of aliphatic hydroxyl groups excluding tert-OH is 1. The lowest BCUT2D eigenvalue weighted by Gasteiger charge is -2.21. The third kappa shape index (κ3) is 3.21. The predicted molar refractivity (Wildman–Crippen MR) is 75.0 cm³/mol. The van der Waals surface area contributed by atoms with Gasteiger partial charge in [0.25, 0.3) is 0 Å². The minimum atomic E-state index is -0.0190. The molecule has 0 aromatic heterocycles. The van der Waals surface area contributed by atoms with Crippen molar-refractivity contribution in [2.75, 3.05) is 13.2 Å². The van der Waals surface area contributed by atoms with Crippen LogP contribution in [0.15, 0.2) is 34.8 Å². The van der Waals surface area contributed by atoms with Gasteiger partial charge < -0.3 is 10.0 Å². The van der Waals surface area contributed by atoms with Crippen molar-refractivity contribution in [3.05, 3.63) is 40.4 Å². The van der Waals surface area contributed by atoms with E-state index < -0.39 is 0 Å². The van der Waals surface area contributed by atoms with E-state index in [2.05, 4.69) is 15.9 Å². The summed E-state index contributed by atoms with van der Waals surface area (Å²) in [4.78, 5) is 13.7. The Morgan fingerprint density at radius 2 is 2.17 bits per heavy atom. The molecule has 2 rings (SSSR count). The monoisotopic (exact) mass is 309 g/mol. The van der Waals surface area contributed by atoms with Gasteiger partial charge in [0.1, 0.15) is 0 Å². The summed E-state index contributed by atoms with van der Waals surface area (Å²) in [5.41, 5.74) is 0.992. The van der Waals surface area contributed by atoms with E-state index in [1.165, 1.54) is 0 Å². The highest BCUT2D eigenvalue weighted by molar-refractivity contribution is 9.10. The fourth-order valence-corrected chi connectivity index (χ4v) is 2.42. The van der Waals surface area contributed by atoms with Crippen LogP contribution >= 0.6 is 15.9 Å². The number of amides is 1. The summed E-state index contributed by atoms with van der Waals surface area (Å²) in [6.45, 7) is 0.798. The minimum Gasteiger partial charge on any atom is -0.394 e. The molecule has 1 fully saturated rings. The Morgan fingerprint density at radius 1 is 1.44 bits per heavy atom. The fourth-order valence-electron chi connectivity index (χ4n) is 2.15. The van der Waals surface area contributed by atoms with E-state index in [0.29, 0.717) is 0 Å². The number of hydrogen-bond acceptors (Lipinski definition) is 2. The maximum absolute atomic E-state index is 12.0. The molecule has 1 aromatic rings. The molecular weight excluding hydrogens is 294 g/mol. The van der Waals surface area contributed by atoms with Gasteiger partial charge in [0.2, 0.25) is 5.91 Å². The Labute approximate surface area is 115 Å². The standard InChI is InChI=1S/C14H16BrNO2/c15-12-6-3-11(4-7-12)5-8-14(18)16-9-1-2-13(16)10-17/h3-8,13,17H,1-2,9-10H2/t13-/m0/s1. The number of halogens is 1. The highest BCUT2D eigenvalue weighted by Gasteiger charge is 2.26. The zero-order valence-electron chi connectivity index (χ0n) is 10.1. The van der Waals surface area contributed by atoms with Crippen molar-refractivity contribution < 1.29 is 9.90 Å². The quantitative estimate of drug-likeness (QED) is 0.871. The van der Waals surface area contributed by atoms with E-state index >= 15 is 0 Å². The van der Waals surface area contributed by atoms with Crippen molar-refractivity contribution in [3.8, 4) is 0 Å². The van der Waals surface area contributed by atoms with Gasteiger partial charge in [0.15, 0.2) is 0 Å². The molecule has 1 N–H and O–H groups in total. The first-order valence-corrected chi connectivity index (χ1v) is 6.85. The van der Waals surface area contributed by atoms with Gasteiger partial charge in [-0.15, -0.1) is 0 Å². The lowest BCUT2D eigenvalue weighted by Crippen LogP contribution is -2.36. The van der Waals surface area contributed by atoms with Gasteiger partial charge in [-0.3, -0.25) is 4.79 Å². The molecule has 1 saturated heterocycles. The number of carbonyl (C=O) groups is 1. The minimum absolute atomic E-state index is 0.00734. The molecule has 18 heavy (non-hydrogen) atoms. The molecule has 1 atom stereocenters. The van der Waals surface area contributed by atoms with Gasteiger partial charge in [-0.1, -0.05) is 28.1 Å². The van der Waals surface area contributed by atoms with Crippen molar-refractivity contribution in [1.82, 2.24) is 4.90 Å². The maximum atomic E-state index is 12.0. The van der Waals surface area contributed by atoms with Crippen LogP contribution in [-0.4, -0.2) is 35.1 Å². The third-order valence-corrected chi connectivity index (χ3v) is 3.69. The molecule has 1 heterocycles. The fraction of sp³-hybridized carbons (Fsp3) is 0.357. The number of benzene rings is 1. The molecule has 1 amide bonds. The van der Waals surface area contributed by atoms with E-state index in [1.807, 2.05) is 30.3 Å². The van der Waals surface area contributed by atoms with Gasteiger partial charge >= 0.3 is 0 Å². The SMILES string of the molecule is O=C(C=Cc1ccc(Br)cc1)N1CCC[C@H]1CO. The molecule has 0 spiro atoms. The van der Waals surface area contributed by atoms with E-state index in [1.54, 1.807) is 11.0 Å². The van der Waals surface area contributed by atoms with Crippen LogP contribution in [0.2, 0.25) is 0 Å². The first kappa shape index (κ1) is 13.3. The molecule has 1 aliphatic rings. The number of hydrogen-bond donors (Lipinski definition) is 1. The van der Waals surface area contributed by atoms with Crippen LogP contribution in [0.1, 0.15) is 18.4 Å². The second-order valence-corrected chi connectivity index (χ2v) is 5.31. The number of carbonyl (C=O) groups excluding carboxylic acids is 1. The van der Waals surface area contributed by atoms with Gasteiger partial charge in [-0.05, 0) is 36.6 Å². The smallest absolute Gasteiger partial charge is 0.246 e. The van der Waals surface area contributed by atoms with Crippen molar-refractivity contribution in [1.29, 1.82) is 0 Å². The number of rotatable bonds is 3. The third-order valence-electron chi connectivity index (χ3n) is 3.16. The van der Waals surface area contributed by atoms with E-state index in [-0.39, 0.29) is 18.6 Å². The molecule has 0 aliphatic carbocycles. The first-order valence-electron chi connectivity index (χ1n) is 6.06. The Morgan fingerprint density at radius 3 is 2.83 bits per heavy atom. The van der Waals surface area contributed by atoms with Crippen LogP contribution in [0.25, 0.3) is 6.08 Å². The summed E-state index contributed by atoms with van der Waals surface area (Å²) >= 11 is 3.37. The summed E-state index contributed by atoms with van der Waals surface area (Å²) in [5.74, 6) is -0.0190. The summed E-state index contributed by atoms with van der Waals surface area (Å²) in [7, 11) is 0. The average Bonchev–Trinajstić information content (AvgIpc) is 2.86. The molecule has 96 valence electrons. The average molecular weight is 310 g/mol. The van der Waals surface area contributed by atoms with E-state index in [9.17, 15) is 9.90 Å². The van der Waals surface area contributed by atoms with Crippen LogP contribution < -0.4 is 0 Å². The van der Waals surface area contributed by atoms with Gasteiger partial charge in [0, 0.05) is 17.1 Å². The van der Waals surface area contributed by atoms with Gasteiger partial charge in [-0.2, -0.15) is 0 Å². The topological polar surface area (TPSA) is 40.5 Å². The number of aliphatic hydroxyl groups is 1. The molecule has 1 aromatic carbocycles. The van der Waals surface area contributed by atoms with Crippen molar-refractivity contribution >= 4 is 27.9 Å². The second kappa shape index (κ2) is 6.16. The summed E-state index contributed by atoms with van der Waals surface area (Å²) < 4.78 is 1.02. The molecule has 0 bridgehead atoms. The number of nitrogens with zero attached hydrogens (tertiary/aromatic N) is 1. The molecule has 3 nitrogen and oxygen atoms in total. The summed E-state index contributed by atoms with van der Waals surface area (Å²) in [6, 6.07) is 7.77. The summed E-state index contributed by atoms with van der Waals surface area (Å²) in [6.07, 6.45) is 5.26. The molecule has 0 radical (unpaired) electrons. The van der Waals surface area contributed by atoms with Crippen molar-refractivity contribution in [3.63, 3.8) is 0 Å². The van der Waals surface area contributed by atoms with Gasteiger partial charge in [-0.25, -0.2) is 0 Å². The molecule has 1 aliphatic heterocycles. The summed E-state index contributed by atoms with van der Waals surface area (Å²) in [5, 5.41) is 9.18. The zero-order chi connectivity index (χ0) is 13.0. The highest BCUT2D eigenvalue weighted by atomic mass is 79.9.